The second-order valence-corrected chi connectivity index (χ2v) is 5.22. The van der Waals surface area contributed by atoms with Crippen molar-refractivity contribution in [2.75, 3.05) is 0 Å². The van der Waals surface area contributed by atoms with Crippen LogP contribution in [0.15, 0.2) is 18.2 Å². The summed E-state index contributed by atoms with van der Waals surface area (Å²) in [6, 6.07) is 3.26. The summed E-state index contributed by atoms with van der Waals surface area (Å²) in [5.74, 6) is -1.97. The van der Waals surface area contributed by atoms with E-state index >= 15 is 0 Å². The van der Waals surface area contributed by atoms with Crippen molar-refractivity contribution >= 4 is 29.2 Å². The Hall–Kier alpha value is -2.15. The molecule has 0 aromatic heterocycles. The molecule has 0 aliphatic rings. The van der Waals surface area contributed by atoms with Gasteiger partial charge < -0.3 is 10.4 Å². The second-order valence-electron chi connectivity index (χ2n) is 4.81. The normalized spacial score (nSPS) is 12.0. The fourth-order valence-corrected chi connectivity index (χ4v) is 2.03. The number of hydrogen-bond acceptors (Lipinski definition) is 4. The van der Waals surface area contributed by atoms with E-state index in [1.165, 1.54) is 18.2 Å². The minimum Gasteiger partial charge on any atom is -0.481 e. The molecule has 0 bridgehead atoms. The molecule has 114 valence electrons. The van der Waals surface area contributed by atoms with Gasteiger partial charge in [-0.1, -0.05) is 31.5 Å². The maximum Gasteiger partial charge on any atom is 0.305 e. The van der Waals surface area contributed by atoms with Gasteiger partial charge >= 0.3 is 5.97 Å². The number of nitro benzene ring substituents is 1. The molecule has 1 aromatic carbocycles. The number of carbonyl (C=O) groups is 2. The Morgan fingerprint density at radius 1 is 1.43 bits per heavy atom. The summed E-state index contributed by atoms with van der Waals surface area (Å²) in [6.07, 6.45) is -0.276. The number of carbonyl (C=O) groups excluding carboxylic acids is 1. The van der Waals surface area contributed by atoms with Crippen LogP contribution in [0.3, 0.4) is 0 Å². The summed E-state index contributed by atoms with van der Waals surface area (Å²) < 4.78 is 0. The molecule has 0 aliphatic carbocycles. The number of benzene rings is 1. The number of rotatable bonds is 6. The molecule has 8 heteroatoms. The first-order valence-corrected chi connectivity index (χ1v) is 6.57. The van der Waals surface area contributed by atoms with Gasteiger partial charge in [-0.05, 0) is 12.0 Å². The molecular formula is C13H15ClN2O5. The molecule has 1 unspecified atom stereocenters. The SMILES string of the molecule is CC(C)C(CC(=O)O)NC(=O)c1c(Cl)cccc1[N+](=O)[O-]. The van der Waals surface area contributed by atoms with Crippen molar-refractivity contribution in [1.29, 1.82) is 0 Å². The van der Waals surface area contributed by atoms with Gasteiger partial charge in [-0.2, -0.15) is 0 Å². The summed E-state index contributed by atoms with van der Waals surface area (Å²) in [4.78, 5) is 33.2. The van der Waals surface area contributed by atoms with Crippen LogP contribution < -0.4 is 5.32 Å². The van der Waals surface area contributed by atoms with E-state index < -0.39 is 28.5 Å². The van der Waals surface area contributed by atoms with E-state index in [-0.39, 0.29) is 22.9 Å². The average molecular weight is 315 g/mol. The highest BCUT2D eigenvalue weighted by Crippen LogP contribution is 2.26. The molecule has 1 amide bonds. The Bertz CT molecular complexity index is 574. The number of hydrogen-bond donors (Lipinski definition) is 2. The average Bonchev–Trinajstić information content (AvgIpc) is 2.36. The third-order valence-electron chi connectivity index (χ3n) is 2.93. The molecule has 21 heavy (non-hydrogen) atoms. The van der Waals surface area contributed by atoms with Crippen LogP contribution in [-0.2, 0) is 4.79 Å². The van der Waals surface area contributed by atoms with E-state index in [0.717, 1.165) is 0 Å². The summed E-state index contributed by atoms with van der Waals surface area (Å²) in [5.41, 5.74) is -0.682. The molecule has 0 saturated carbocycles. The number of nitro groups is 1. The maximum absolute atomic E-state index is 12.2. The molecule has 0 spiro atoms. The lowest BCUT2D eigenvalue weighted by molar-refractivity contribution is -0.385. The van der Waals surface area contributed by atoms with Crippen LogP contribution in [0.25, 0.3) is 0 Å². The zero-order valence-corrected chi connectivity index (χ0v) is 12.3. The zero-order valence-electron chi connectivity index (χ0n) is 11.5. The lowest BCUT2D eigenvalue weighted by Crippen LogP contribution is -2.40. The summed E-state index contributed by atoms with van der Waals surface area (Å²) in [5, 5.41) is 22.2. The molecule has 0 heterocycles. The van der Waals surface area contributed by atoms with E-state index in [1.54, 1.807) is 13.8 Å². The number of aliphatic carboxylic acids is 1. The quantitative estimate of drug-likeness (QED) is 0.619. The minimum absolute atomic E-state index is 0.0560. The van der Waals surface area contributed by atoms with Crippen molar-refractivity contribution in [3.8, 4) is 0 Å². The van der Waals surface area contributed by atoms with Gasteiger partial charge in [-0.3, -0.25) is 19.7 Å². The topological polar surface area (TPSA) is 110 Å². The van der Waals surface area contributed by atoms with E-state index in [0.29, 0.717) is 0 Å². The Balaban J connectivity index is 3.08. The molecule has 0 radical (unpaired) electrons. The molecule has 1 atom stereocenters. The summed E-state index contributed by atoms with van der Waals surface area (Å²) in [7, 11) is 0. The fourth-order valence-electron chi connectivity index (χ4n) is 1.77. The Labute approximate surface area is 126 Å². The molecule has 0 saturated heterocycles. The lowest BCUT2D eigenvalue weighted by atomic mass is 10.0. The van der Waals surface area contributed by atoms with Gasteiger partial charge in [0.05, 0.1) is 16.4 Å². The second kappa shape index (κ2) is 7.03. The van der Waals surface area contributed by atoms with Crippen molar-refractivity contribution in [2.24, 2.45) is 5.92 Å². The number of nitrogens with zero attached hydrogens (tertiary/aromatic N) is 1. The molecule has 0 aliphatic heterocycles. The van der Waals surface area contributed by atoms with Crippen molar-refractivity contribution in [2.45, 2.75) is 26.3 Å². The van der Waals surface area contributed by atoms with Crippen LogP contribution in [0.2, 0.25) is 5.02 Å². The minimum atomic E-state index is -1.07. The smallest absolute Gasteiger partial charge is 0.305 e. The largest absolute Gasteiger partial charge is 0.481 e. The highest BCUT2D eigenvalue weighted by Gasteiger charge is 2.27. The van der Waals surface area contributed by atoms with Gasteiger partial charge in [-0.15, -0.1) is 0 Å². The number of carboxylic acids is 1. The van der Waals surface area contributed by atoms with Crippen LogP contribution in [-0.4, -0.2) is 27.9 Å². The van der Waals surface area contributed by atoms with Crippen molar-refractivity contribution in [1.82, 2.24) is 5.32 Å². The summed E-state index contributed by atoms with van der Waals surface area (Å²) >= 11 is 5.86. The standard InChI is InChI=1S/C13H15ClN2O5/c1-7(2)9(6-11(17)18)15-13(19)12-8(14)4-3-5-10(12)16(20)21/h3-5,7,9H,6H2,1-2H3,(H,15,19)(H,17,18). The number of nitrogens with one attached hydrogen (secondary N) is 1. The highest BCUT2D eigenvalue weighted by atomic mass is 35.5. The maximum atomic E-state index is 12.2. The van der Waals surface area contributed by atoms with Gasteiger partial charge in [0, 0.05) is 12.1 Å². The third kappa shape index (κ3) is 4.42. The fraction of sp³-hybridized carbons (Fsp3) is 0.385. The molecule has 0 fully saturated rings. The van der Waals surface area contributed by atoms with E-state index in [9.17, 15) is 19.7 Å². The van der Waals surface area contributed by atoms with Gasteiger partial charge in [0.25, 0.3) is 11.6 Å². The predicted molar refractivity (Wildman–Crippen MR) is 76.5 cm³/mol. The van der Waals surface area contributed by atoms with Crippen LogP contribution in [0.1, 0.15) is 30.6 Å². The summed E-state index contributed by atoms with van der Waals surface area (Å²) in [6.45, 7) is 3.49. The van der Waals surface area contributed by atoms with E-state index in [2.05, 4.69) is 5.32 Å². The molecule has 1 rings (SSSR count). The lowest BCUT2D eigenvalue weighted by Gasteiger charge is -2.20. The first kappa shape index (κ1) is 16.9. The molecule has 1 aromatic rings. The molecule has 2 N–H and O–H groups in total. The van der Waals surface area contributed by atoms with Crippen molar-refractivity contribution in [3.63, 3.8) is 0 Å². The number of amides is 1. The van der Waals surface area contributed by atoms with Gasteiger partial charge in [0.1, 0.15) is 5.56 Å². The zero-order chi connectivity index (χ0) is 16.2. The Morgan fingerprint density at radius 2 is 2.05 bits per heavy atom. The van der Waals surface area contributed by atoms with E-state index in [1.807, 2.05) is 0 Å². The monoisotopic (exact) mass is 314 g/mol. The Kier molecular flexibility index (Phi) is 5.66. The van der Waals surface area contributed by atoms with Crippen LogP contribution >= 0.6 is 11.6 Å². The highest BCUT2D eigenvalue weighted by molar-refractivity contribution is 6.34. The van der Waals surface area contributed by atoms with Crippen LogP contribution in [0.5, 0.6) is 0 Å². The van der Waals surface area contributed by atoms with Gasteiger partial charge in [0.15, 0.2) is 0 Å². The number of halogens is 1. The first-order chi connectivity index (χ1) is 9.73. The number of carboxylic acid groups (broad SMARTS) is 1. The predicted octanol–water partition coefficient (Wildman–Crippen LogP) is 2.48. The molecular weight excluding hydrogens is 300 g/mol. The first-order valence-electron chi connectivity index (χ1n) is 6.19. The van der Waals surface area contributed by atoms with Crippen molar-refractivity contribution in [3.05, 3.63) is 38.9 Å². The van der Waals surface area contributed by atoms with E-state index in [4.69, 9.17) is 16.7 Å². The van der Waals surface area contributed by atoms with Crippen LogP contribution in [0.4, 0.5) is 5.69 Å². The molecule has 7 nitrogen and oxygen atoms in total. The van der Waals surface area contributed by atoms with Crippen molar-refractivity contribution < 1.29 is 19.6 Å². The Morgan fingerprint density at radius 3 is 2.52 bits per heavy atom. The van der Waals surface area contributed by atoms with Crippen LogP contribution in [0, 0.1) is 16.0 Å². The third-order valence-corrected chi connectivity index (χ3v) is 3.25. The van der Waals surface area contributed by atoms with Gasteiger partial charge in [-0.25, -0.2) is 0 Å². The van der Waals surface area contributed by atoms with Gasteiger partial charge in [0.2, 0.25) is 0 Å².